The molecule has 0 saturated carbocycles. The van der Waals surface area contributed by atoms with E-state index in [1.807, 2.05) is 25.1 Å². The molecule has 0 aliphatic heterocycles. The van der Waals surface area contributed by atoms with E-state index in [1.165, 1.54) is 11.3 Å². The molecule has 0 aliphatic carbocycles. The van der Waals surface area contributed by atoms with Crippen molar-refractivity contribution in [1.82, 2.24) is 9.97 Å². The van der Waals surface area contributed by atoms with Crippen molar-refractivity contribution < 1.29 is 0 Å². The number of rotatable bonds is 2. The van der Waals surface area contributed by atoms with E-state index in [9.17, 15) is 0 Å². The zero-order chi connectivity index (χ0) is 10.7. The quantitative estimate of drug-likeness (QED) is 0.837. The Balaban J connectivity index is 2.19. The van der Waals surface area contributed by atoms with E-state index >= 15 is 0 Å². The van der Waals surface area contributed by atoms with Gasteiger partial charge in [0.2, 0.25) is 0 Å². The van der Waals surface area contributed by atoms with Gasteiger partial charge in [-0.25, -0.2) is 9.97 Å². The van der Waals surface area contributed by atoms with Gasteiger partial charge in [0.25, 0.3) is 0 Å². The van der Waals surface area contributed by atoms with Crippen LogP contribution in [0.5, 0.6) is 0 Å². The smallest absolute Gasteiger partial charge is 0.189 e. The molecule has 0 aliphatic rings. The summed E-state index contributed by atoms with van der Waals surface area (Å²) < 4.78 is 0. The summed E-state index contributed by atoms with van der Waals surface area (Å²) in [6, 6.07) is 5.89. The van der Waals surface area contributed by atoms with Crippen LogP contribution in [0.3, 0.4) is 0 Å². The van der Waals surface area contributed by atoms with Gasteiger partial charge in [-0.15, -0.1) is 0 Å². The predicted octanol–water partition coefficient (Wildman–Crippen LogP) is 2.46. The third-order valence-corrected chi connectivity index (χ3v) is 2.58. The van der Waals surface area contributed by atoms with Crippen LogP contribution in [0, 0.1) is 18.3 Å². The normalized spacial score (nSPS) is 9.60. The molecule has 0 radical (unpaired) electrons. The fraction of sp³-hybridized carbons (Fsp3) is 0.100. The standard InChI is InChI=1S/C10H8N4S/c1-7-2-3-12-9(4-7)14-10-13-6-8(5-11)15-10/h2-4,6H,1H3,(H,12,13,14). The largest absolute Gasteiger partial charge is 0.316 e. The van der Waals surface area contributed by atoms with E-state index in [4.69, 9.17) is 5.26 Å². The molecule has 0 spiro atoms. The van der Waals surface area contributed by atoms with Gasteiger partial charge >= 0.3 is 0 Å². The molecule has 2 aromatic rings. The maximum Gasteiger partial charge on any atom is 0.189 e. The molecule has 5 heteroatoms. The maximum atomic E-state index is 8.64. The second kappa shape index (κ2) is 4.07. The highest BCUT2D eigenvalue weighted by Crippen LogP contribution is 2.20. The summed E-state index contributed by atoms with van der Waals surface area (Å²) in [5.74, 6) is 0.744. The van der Waals surface area contributed by atoms with E-state index in [-0.39, 0.29) is 0 Å². The van der Waals surface area contributed by atoms with E-state index in [0.717, 1.165) is 11.4 Å². The Morgan fingerprint density at radius 1 is 1.47 bits per heavy atom. The molecule has 0 atom stereocenters. The van der Waals surface area contributed by atoms with Crippen molar-refractivity contribution in [3.8, 4) is 6.07 Å². The highest BCUT2D eigenvalue weighted by Gasteiger charge is 2.01. The zero-order valence-corrected chi connectivity index (χ0v) is 8.88. The first-order chi connectivity index (χ1) is 7.28. The first-order valence-corrected chi connectivity index (χ1v) is 5.15. The number of thiazole rings is 1. The molecule has 2 rings (SSSR count). The minimum absolute atomic E-state index is 0.588. The van der Waals surface area contributed by atoms with E-state index in [2.05, 4.69) is 15.3 Å². The molecular formula is C10H8N4S. The number of aryl methyl sites for hydroxylation is 1. The summed E-state index contributed by atoms with van der Waals surface area (Å²) in [5.41, 5.74) is 1.13. The summed E-state index contributed by atoms with van der Waals surface area (Å²) in [7, 11) is 0. The van der Waals surface area contributed by atoms with Crippen molar-refractivity contribution in [2.75, 3.05) is 5.32 Å². The monoisotopic (exact) mass is 216 g/mol. The lowest BCUT2D eigenvalue weighted by molar-refractivity contribution is 1.26. The van der Waals surface area contributed by atoms with Crippen molar-refractivity contribution in [3.63, 3.8) is 0 Å². The average molecular weight is 216 g/mol. The van der Waals surface area contributed by atoms with E-state index in [0.29, 0.717) is 10.0 Å². The number of nitrogens with one attached hydrogen (secondary N) is 1. The first-order valence-electron chi connectivity index (χ1n) is 4.33. The molecule has 74 valence electrons. The molecule has 0 saturated heterocycles. The Bertz CT molecular complexity index is 512. The molecule has 0 aromatic carbocycles. The van der Waals surface area contributed by atoms with Crippen molar-refractivity contribution in [2.24, 2.45) is 0 Å². The maximum absolute atomic E-state index is 8.64. The molecule has 0 unspecified atom stereocenters. The van der Waals surface area contributed by atoms with Crippen molar-refractivity contribution >= 4 is 22.3 Å². The SMILES string of the molecule is Cc1ccnc(Nc2ncc(C#N)s2)c1. The average Bonchev–Trinajstić information content (AvgIpc) is 2.65. The Morgan fingerprint density at radius 2 is 2.33 bits per heavy atom. The highest BCUT2D eigenvalue weighted by molar-refractivity contribution is 7.16. The van der Waals surface area contributed by atoms with Crippen LogP contribution < -0.4 is 5.32 Å². The third kappa shape index (κ3) is 2.30. The molecule has 0 amide bonds. The van der Waals surface area contributed by atoms with Gasteiger partial charge in [-0.2, -0.15) is 5.26 Å². The van der Waals surface area contributed by atoms with E-state index < -0.39 is 0 Å². The Hall–Kier alpha value is -1.93. The van der Waals surface area contributed by atoms with Crippen LogP contribution in [-0.4, -0.2) is 9.97 Å². The molecule has 0 fully saturated rings. The minimum Gasteiger partial charge on any atom is -0.316 e. The fourth-order valence-corrected chi connectivity index (χ4v) is 1.72. The molecule has 4 nitrogen and oxygen atoms in total. The van der Waals surface area contributed by atoms with Gasteiger partial charge in [-0.05, 0) is 24.6 Å². The van der Waals surface area contributed by atoms with Gasteiger partial charge in [0.1, 0.15) is 16.8 Å². The van der Waals surface area contributed by atoms with Crippen LogP contribution in [-0.2, 0) is 0 Å². The molecule has 15 heavy (non-hydrogen) atoms. The van der Waals surface area contributed by atoms with Crippen LogP contribution in [0.15, 0.2) is 24.5 Å². The molecule has 2 heterocycles. The molecule has 0 bridgehead atoms. The predicted molar refractivity (Wildman–Crippen MR) is 59.1 cm³/mol. The molecule has 2 aromatic heterocycles. The van der Waals surface area contributed by atoms with Gasteiger partial charge in [-0.3, -0.25) is 0 Å². The summed E-state index contributed by atoms with van der Waals surface area (Å²) in [6.45, 7) is 2.00. The Labute approximate surface area is 91.2 Å². The van der Waals surface area contributed by atoms with Crippen LogP contribution in [0.4, 0.5) is 10.9 Å². The topological polar surface area (TPSA) is 61.6 Å². The second-order valence-corrected chi connectivity index (χ2v) is 4.02. The first kappa shape index (κ1) is 9.62. The number of pyridine rings is 1. The lowest BCUT2D eigenvalue weighted by Crippen LogP contribution is -1.92. The second-order valence-electron chi connectivity index (χ2n) is 2.98. The Morgan fingerprint density at radius 3 is 3.00 bits per heavy atom. The van der Waals surface area contributed by atoms with Gasteiger partial charge in [0, 0.05) is 6.20 Å². The molecule has 1 N–H and O–H groups in total. The summed E-state index contributed by atoms with van der Waals surface area (Å²) in [5, 5.41) is 12.4. The van der Waals surface area contributed by atoms with Crippen LogP contribution in [0.2, 0.25) is 0 Å². The van der Waals surface area contributed by atoms with Crippen LogP contribution >= 0.6 is 11.3 Å². The van der Waals surface area contributed by atoms with Crippen LogP contribution in [0.25, 0.3) is 0 Å². The van der Waals surface area contributed by atoms with Gasteiger partial charge < -0.3 is 5.32 Å². The fourth-order valence-electron chi connectivity index (χ4n) is 1.10. The number of nitrogens with zero attached hydrogens (tertiary/aromatic N) is 3. The summed E-state index contributed by atoms with van der Waals surface area (Å²) in [4.78, 5) is 8.79. The van der Waals surface area contributed by atoms with Crippen LogP contribution in [0.1, 0.15) is 10.4 Å². The Kier molecular flexibility index (Phi) is 2.61. The van der Waals surface area contributed by atoms with E-state index in [1.54, 1.807) is 12.4 Å². The van der Waals surface area contributed by atoms with Gasteiger partial charge in [0.05, 0.1) is 6.20 Å². The minimum atomic E-state index is 0.588. The third-order valence-electron chi connectivity index (χ3n) is 1.77. The lowest BCUT2D eigenvalue weighted by atomic mass is 10.3. The number of hydrogen-bond acceptors (Lipinski definition) is 5. The van der Waals surface area contributed by atoms with Gasteiger partial charge in [-0.1, -0.05) is 11.3 Å². The van der Waals surface area contributed by atoms with Crippen molar-refractivity contribution in [3.05, 3.63) is 35.0 Å². The van der Waals surface area contributed by atoms with Crippen molar-refractivity contribution in [1.29, 1.82) is 5.26 Å². The number of hydrogen-bond donors (Lipinski definition) is 1. The highest BCUT2D eigenvalue weighted by atomic mass is 32.1. The summed E-state index contributed by atoms with van der Waals surface area (Å²) >= 11 is 1.31. The number of anilines is 2. The number of nitriles is 1. The summed E-state index contributed by atoms with van der Waals surface area (Å²) in [6.07, 6.45) is 3.28. The van der Waals surface area contributed by atoms with Gasteiger partial charge in [0.15, 0.2) is 5.13 Å². The lowest BCUT2D eigenvalue weighted by Gasteiger charge is -2.00. The van der Waals surface area contributed by atoms with Crippen molar-refractivity contribution in [2.45, 2.75) is 6.92 Å². The zero-order valence-electron chi connectivity index (χ0n) is 8.06. The molecular weight excluding hydrogens is 208 g/mol. The number of aromatic nitrogens is 2.